The topological polar surface area (TPSA) is 77.2 Å². The smallest absolute Gasteiger partial charge is 0.199 e. The lowest BCUT2D eigenvalue weighted by molar-refractivity contribution is 0.103. The van der Waals surface area contributed by atoms with E-state index in [1.165, 1.54) is 24.4 Å². The van der Waals surface area contributed by atoms with Gasteiger partial charge in [0.05, 0.1) is 21.7 Å². The van der Waals surface area contributed by atoms with E-state index in [9.17, 15) is 13.2 Å². The van der Waals surface area contributed by atoms with E-state index in [2.05, 4.69) is 5.16 Å². The van der Waals surface area contributed by atoms with E-state index in [0.717, 1.165) is 6.26 Å². The minimum Gasteiger partial charge on any atom is -0.361 e. The molecule has 7 heteroatoms. The lowest BCUT2D eigenvalue weighted by Crippen LogP contribution is -2.04. The molecule has 2 rings (SSSR count). The first-order valence-corrected chi connectivity index (χ1v) is 7.53. The highest BCUT2D eigenvalue weighted by molar-refractivity contribution is 7.90. The number of ketones is 1. The average molecular weight is 300 g/mol. The van der Waals surface area contributed by atoms with Crippen molar-refractivity contribution in [2.45, 2.75) is 11.8 Å². The van der Waals surface area contributed by atoms with Crippen LogP contribution in [-0.2, 0) is 9.84 Å². The molecule has 100 valence electrons. The number of rotatable bonds is 3. The van der Waals surface area contributed by atoms with Crippen LogP contribution >= 0.6 is 11.6 Å². The Morgan fingerprint density at radius 3 is 2.47 bits per heavy atom. The van der Waals surface area contributed by atoms with Crippen molar-refractivity contribution in [2.24, 2.45) is 0 Å². The van der Waals surface area contributed by atoms with Gasteiger partial charge in [0.1, 0.15) is 5.76 Å². The van der Waals surface area contributed by atoms with Crippen molar-refractivity contribution in [3.63, 3.8) is 0 Å². The predicted molar refractivity (Wildman–Crippen MR) is 69.2 cm³/mol. The summed E-state index contributed by atoms with van der Waals surface area (Å²) in [5.41, 5.74) is 0.509. The quantitative estimate of drug-likeness (QED) is 0.813. The molecular weight excluding hydrogens is 290 g/mol. The van der Waals surface area contributed by atoms with Gasteiger partial charge in [-0.15, -0.1) is 0 Å². The van der Waals surface area contributed by atoms with Crippen LogP contribution in [0.1, 0.15) is 21.7 Å². The van der Waals surface area contributed by atoms with Crippen molar-refractivity contribution in [1.82, 2.24) is 5.16 Å². The van der Waals surface area contributed by atoms with Gasteiger partial charge in [0, 0.05) is 11.8 Å². The molecule has 0 bridgehead atoms. The van der Waals surface area contributed by atoms with Gasteiger partial charge in [-0.3, -0.25) is 4.79 Å². The first-order chi connectivity index (χ1) is 8.80. The van der Waals surface area contributed by atoms with Crippen LogP contribution in [0.15, 0.2) is 33.8 Å². The molecule has 2 aromatic rings. The molecule has 0 saturated carbocycles. The normalized spacial score (nSPS) is 11.5. The molecule has 0 radical (unpaired) electrons. The van der Waals surface area contributed by atoms with Crippen LogP contribution in [0.2, 0.25) is 5.02 Å². The summed E-state index contributed by atoms with van der Waals surface area (Å²) < 4.78 is 27.6. The summed E-state index contributed by atoms with van der Waals surface area (Å²) in [6.45, 7) is 1.61. The second kappa shape index (κ2) is 4.79. The summed E-state index contributed by atoms with van der Waals surface area (Å²) in [5, 5.41) is 3.60. The zero-order chi connectivity index (χ0) is 14.2. The largest absolute Gasteiger partial charge is 0.361 e. The van der Waals surface area contributed by atoms with E-state index in [-0.39, 0.29) is 21.3 Å². The summed E-state index contributed by atoms with van der Waals surface area (Å²) in [5.74, 6) is 0.0251. The van der Waals surface area contributed by atoms with Crippen LogP contribution in [0.25, 0.3) is 0 Å². The Hall–Kier alpha value is -1.66. The van der Waals surface area contributed by atoms with E-state index >= 15 is 0 Å². The average Bonchev–Trinajstić information content (AvgIpc) is 2.73. The van der Waals surface area contributed by atoms with Crippen molar-refractivity contribution in [2.75, 3.05) is 6.26 Å². The van der Waals surface area contributed by atoms with Crippen LogP contribution in [0.3, 0.4) is 0 Å². The number of hydrogen-bond donors (Lipinski definition) is 0. The number of aryl methyl sites for hydroxylation is 1. The van der Waals surface area contributed by atoms with Crippen LogP contribution in [-0.4, -0.2) is 25.6 Å². The zero-order valence-corrected chi connectivity index (χ0v) is 11.7. The number of carbonyl (C=O) groups excluding carboxylic acids is 1. The molecule has 5 nitrogen and oxygen atoms in total. The van der Waals surface area contributed by atoms with Gasteiger partial charge in [0.2, 0.25) is 0 Å². The fourth-order valence-electron chi connectivity index (χ4n) is 1.57. The van der Waals surface area contributed by atoms with Gasteiger partial charge in [-0.25, -0.2) is 8.42 Å². The number of hydrogen-bond acceptors (Lipinski definition) is 5. The predicted octanol–water partition coefficient (Wildman–Crippen LogP) is 2.27. The first-order valence-electron chi connectivity index (χ1n) is 5.26. The van der Waals surface area contributed by atoms with Crippen molar-refractivity contribution in [3.05, 3.63) is 46.3 Å². The van der Waals surface area contributed by atoms with Gasteiger partial charge < -0.3 is 4.52 Å². The molecule has 19 heavy (non-hydrogen) atoms. The maximum atomic E-state index is 12.2. The lowest BCUT2D eigenvalue weighted by atomic mass is 10.0. The Balaban J connectivity index is 2.48. The number of aromatic nitrogens is 1. The monoisotopic (exact) mass is 299 g/mol. The number of sulfone groups is 1. The van der Waals surface area contributed by atoms with Crippen molar-refractivity contribution >= 4 is 27.2 Å². The number of benzene rings is 1. The van der Waals surface area contributed by atoms with Gasteiger partial charge in [-0.1, -0.05) is 16.8 Å². The van der Waals surface area contributed by atoms with E-state index < -0.39 is 9.84 Å². The van der Waals surface area contributed by atoms with Gasteiger partial charge in [-0.2, -0.15) is 0 Å². The molecule has 0 aliphatic rings. The Morgan fingerprint density at radius 1 is 1.32 bits per heavy atom. The molecule has 0 saturated heterocycles. The number of carbonyl (C=O) groups is 1. The fraction of sp³-hybridized carbons (Fsp3) is 0.167. The minimum absolute atomic E-state index is 0.0658. The highest BCUT2D eigenvalue weighted by Gasteiger charge is 2.19. The van der Waals surface area contributed by atoms with E-state index in [1.807, 2.05) is 0 Å². The molecule has 0 unspecified atom stereocenters. The Kier molecular flexibility index (Phi) is 3.47. The highest BCUT2D eigenvalue weighted by Crippen LogP contribution is 2.24. The third kappa shape index (κ3) is 2.69. The second-order valence-corrected chi connectivity index (χ2v) is 6.46. The van der Waals surface area contributed by atoms with Gasteiger partial charge in [-0.05, 0) is 25.1 Å². The highest BCUT2D eigenvalue weighted by atomic mass is 35.5. The molecule has 1 aromatic carbocycles. The first kappa shape index (κ1) is 13.8. The third-order valence-electron chi connectivity index (χ3n) is 2.61. The van der Waals surface area contributed by atoms with Crippen molar-refractivity contribution < 1.29 is 17.7 Å². The molecule has 0 N–H and O–H groups in total. The third-order valence-corrected chi connectivity index (χ3v) is 4.03. The molecule has 0 amide bonds. The van der Waals surface area contributed by atoms with Crippen molar-refractivity contribution in [3.8, 4) is 0 Å². The number of halogens is 1. The van der Waals surface area contributed by atoms with Gasteiger partial charge in [0.15, 0.2) is 15.6 Å². The number of nitrogens with zero attached hydrogens (tertiary/aromatic N) is 1. The van der Waals surface area contributed by atoms with E-state index in [1.54, 1.807) is 6.92 Å². The van der Waals surface area contributed by atoms with Crippen molar-refractivity contribution in [1.29, 1.82) is 0 Å². The maximum Gasteiger partial charge on any atom is 0.199 e. The molecule has 0 fully saturated rings. The molecule has 0 aliphatic heterocycles. The Labute approximate surface area is 115 Å². The van der Waals surface area contributed by atoms with Crippen LogP contribution in [0, 0.1) is 6.92 Å². The van der Waals surface area contributed by atoms with Crippen LogP contribution in [0.5, 0.6) is 0 Å². The summed E-state index contributed by atoms with van der Waals surface area (Å²) >= 11 is 5.96. The van der Waals surface area contributed by atoms with Crippen LogP contribution < -0.4 is 0 Å². The molecule has 0 atom stereocenters. The minimum atomic E-state index is -3.36. The molecule has 1 heterocycles. The lowest BCUT2D eigenvalue weighted by Gasteiger charge is -2.04. The van der Waals surface area contributed by atoms with Gasteiger partial charge in [0.25, 0.3) is 0 Å². The SMILES string of the molecule is Cc1oncc1C(=O)c1ccc(S(C)(=O)=O)cc1Cl. The zero-order valence-electron chi connectivity index (χ0n) is 10.2. The summed E-state index contributed by atoms with van der Waals surface area (Å²) in [6, 6.07) is 3.98. The summed E-state index contributed by atoms with van der Waals surface area (Å²) in [4.78, 5) is 12.2. The molecular formula is C12H10ClNO4S. The summed E-state index contributed by atoms with van der Waals surface area (Å²) in [6.07, 6.45) is 2.38. The molecule has 1 aromatic heterocycles. The van der Waals surface area contributed by atoms with E-state index in [4.69, 9.17) is 16.1 Å². The summed E-state index contributed by atoms with van der Waals surface area (Å²) in [7, 11) is -3.36. The maximum absolute atomic E-state index is 12.2. The van der Waals surface area contributed by atoms with Crippen LogP contribution in [0.4, 0.5) is 0 Å². The Bertz CT molecular complexity index is 749. The Morgan fingerprint density at radius 2 is 2.00 bits per heavy atom. The molecule has 0 spiro atoms. The second-order valence-electron chi connectivity index (χ2n) is 4.04. The standard InChI is InChI=1S/C12H10ClNO4S/c1-7-10(6-14-18-7)12(15)9-4-3-8(5-11(9)13)19(2,16)17/h3-6H,1-2H3. The van der Waals surface area contributed by atoms with E-state index in [0.29, 0.717) is 11.3 Å². The molecule has 0 aliphatic carbocycles. The fourth-order valence-corrected chi connectivity index (χ4v) is 2.55. The van der Waals surface area contributed by atoms with Gasteiger partial charge >= 0.3 is 0 Å².